The van der Waals surface area contributed by atoms with Crippen LogP contribution in [0.25, 0.3) is 0 Å². The molecule has 1 atom stereocenters. The van der Waals surface area contributed by atoms with Gasteiger partial charge in [-0.05, 0) is 37.5 Å². The van der Waals surface area contributed by atoms with Gasteiger partial charge in [0.05, 0.1) is 0 Å². The molecule has 0 aromatic rings. The van der Waals surface area contributed by atoms with E-state index in [1.54, 1.807) is 0 Å². The molecule has 1 N–H and O–H groups in total. The highest BCUT2D eigenvalue weighted by atomic mass is 14.9. The zero-order valence-electron chi connectivity index (χ0n) is 10.2. The molecule has 0 aromatic heterocycles. The Balaban J connectivity index is 2.17. The summed E-state index contributed by atoms with van der Waals surface area (Å²) < 4.78 is 0. The molecule has 0 bridgehead atoms. The van der Waals surface area contributed by atoms with E-state index in [0.717, 1.165) is 11.5 Å². The highest BCUT2D eigenvalue weighted by Gasteiger charge is 2.41. The van der Waals surface area contributed by atoms with Gasteiger partial charge in [0.25, 0.3) is 0 Å². The van der Waals surface area contributed by atoms with Crippen LogP contribution in [0.3, 0.4) is 0 Å². The van der Waals surface area contributed by atoms with Gasteiger partial charge in [-0.2, -0.15) is 0 Å². The first-order valence-corrected chi connectivity index (χ1v) is 6.49. The molecule has 84 valence electrons. The first-order chi connectivity index (χ1) is 6.76. The topological polar surface area (TPSA) is 12.0 Å². The first kappa shape index (κ1) is 12.0. The summed E-state index contributed by atoms with van der Waals surface area (Å²) in [6.07, 6.45) is 9.67. The van der Waals surface area contributed by atoms with E-state index in [2.05, 4.69) is 26.1 Å². The second-order valence-electron chi connectivity index (χ2n) is 5.02. The van der Waals surface area contributed by atoms with Crippen LogP contribution in [0.4, 0.5) is 0 Å². The maximum Gasteiger partial charge on any atom is 0.00645 e. The summed E-state index contributed by atoms with van der Waals surface area (Å²) in [7, 11) is 0. The Bertz CT molecular complexity index is 149. The summed E-state index contributed by atoms with van der Waals surface area (Å²) >= 11 is 0. The number of hydrogen-bond donors (Lipinski definition) is 1. The summed E-state index contributed by atoms with van der Waals surface area (Å²) in [4.78, 5) is 0. The van der Waals surface area contributed by atoms with Crippen molar-refractivity contribution in [1.29, 1.82) is 0 Å². The van der Waals surface area contributed by atoms with Gasteiger partial charge >= 0.3 is 0 Å². The van der Waals surface area contributed by atoms with E-state index in [4.69, 9.17) is 0 Å². The number of rotatable bonds is 8. The highest BCUT2D eigenvalue weighted by Crippen LogP contribution is 2.49. The Hall–Kier alpha value is -0.0400. The summed E-state index contributed by atoms with van der Waals surface area (Å²) in [6.45, 7) is 8.17. The zero-order valence-corrected chi connectivity index (χ0v) is 10.2. The van der Waals surface area contributed by atoms with Gasteiger partial charge in [-0.1, -0.05) is 33.6 Å². The lowest BCUT2D eigenvalue weighted by atomic mass is 9.99. The second kappa shape index (κ2) is 5.75. The third kappa shape index (κ3) is 3.61. The molecule has 1 unspecified atom stereocenters. The molecule has 1 aliphatic rings. The average Bonchev–Trinajstić information content (AvgIpc) is 2.94. The molecule has 0 spiro atoms. The number of hydrogen-bond acceptors (Lipinski definition) is 1. The molecule has 0 aliphatic heterocycles. The Labute approximate surface area is 89.7 Å². The summed E-state index contributed by atoms with van der Waals surface area (Å²) in [5.41, 5.74) is 0.718. The van der Waals surface area contributed by atoms with E-state index in [9.17, 15) is 0 Å². The molecule has 1 fully saturated rings. The van der Waals surface area contributed by atoms with Gasteiger partial charge < -0.3 is 5.32 Å². The van der Waals surface area contributed by atoms with Crippen molar-refractivity contribution < 1.29 is 0 Å². The van der Waals surface area contributed by atoms with Crippen LogP contribution < -0.4 is 5.32 Å². The standard InChI is InChI=1S/C13H27N/c1-4-7-12(6-3)14-11-13(8-5-2)9-10-13/h12,14H,4-11H2,1-3H3. The van der Waals surface area contributed by atoms with Crippen LogP contribution in [-0.4, -0.2) is 12.6 Å². The number of nitrogens with one attached hydrogen (secondary N) is 1. The quantitative estimate of drug-likeness (QED) is 0.625. The van der Waals surface area contributed by atoms with Gasteiger partial charge in [0, 0.05) is 12.6 Å². The molecule has 1 rings (SSSR count). The lowest BCUT2D eigenvalue weighted by Gasteiger charge is -2.21. The van der Waals surface area contributed by atoms with E-state index in [0.29, 0.717) is 0 Å². The lowest BCUT2D eigenvalue weighted by Crippen LogP contribution is -2.33. The first-order valence-electron chi connectivity index (χ1n) is 6.49. The van der Waals surface area contributed by atoms with Crippen LogP contribution in [0.2, 0.25) is 0 Å². The van der Waals surface area contributed by atoms with Crippen molar-refractivity contribution in [3.63, 3.8) is 0 Å². The fraction of sp³-hybridized carbons (Fsp3) is 1.00. The SMILES string of the molecule is CCCC(CC)NCC1(CCC)CC1. The Morgan fingerprint density at radius 3 is 2.29 bits per heavy atom. The van der Waals surface area contributed by atoms with E-state index in [1.165, 1.54) is 51.5 Å². The molecule has 0 heterocycles. The fourth-order valence-corrected chi connectivity index (χ4v) is 2.38. The van der Waals surface area contributed by atoms with Crippen molar-refractivity contribution in [2.75, 3.05) is 6.54 Å². The second-order valence-corrected chi connectivity index (χ2v) is 5.02. The minimum atomic E-state index is 0.718. The van der Waals surface area contributed by atoms with E-state index in [1.807, 2.05) is 0 Å². The van der Waals surface area contributed by atoms with Crippen molar-refractivity contribution >= 4 is 0 Å². The molecule has 1 saturated carbocycles. The Kier molecular flexibility index (Phi) is 4.94. The third-order valence-electron chi connectivity index (χ3n) is 3.63. The molecular formula is C13H27N. The highest BCUT2D eigenvalue weighted by molar-refractivity contribution is 4.94. The molecule has 0 aromatic carbocycles. The molecule has 1 nitrogen and oxygen atoms in total. The van der Waals surface area contributed by atoms with Gasteiger partial charge in [-0.25, -0.2) is 0 Å². The zero-order chi connectivity index (χ0) is 10.4. The maximum atomic E-state index is 3.76. The smallest absolute Gasteiger partial charge is 0.00645 e. The average molecular weight is 197 g/mol. The lowest BCUT2D eigenvalue weighted by molar-refractivity contribution is 0.368. The van der Waals surface area contributed by atoms with Crippen molar-refractivity contribution in [2.45, 2.75) is 71.8 Å². The van der Waals surface area contributed by atoms with Gasteiger partial charge in [-0.3, -0.25) is 0 Å². The van der Waals surface area contributed by atoms with Crippen molar-refractivity contribution in [3.05, 3.63) is 0 Å². The van der Waals surface area contributed by atoms with Crippen molar-refractivity contribution in [1.82, 2.24) is 5.32 Å². The molecule has 1 aliphatic carbocycles. The van der Waals surface area contributed by atoms with Crippen LogP contribution in [0, 0.1) is 5.41 Å². The summed E-state index contributed by atoms with van der Waals surface area (Å²) in [6, 6.07) is 0.773. The van der Waals surface area contributed by atoms with E-state index < -0.39 is 0 Å². The van der Waals surface area contributed by atoms with Crippen LogP contribution in [0.15, 0.2) is 0 Å². The van der Waals surface area contributed by atoms with Crippen LogP contribution in [0.1, 0.15) is 65.7 Å². The van der Waals surface area contributed by atoms with Gasteiger partial charge in [0.2, 0.25) is 0 Å². The fourth-order valence-electron chi connectivity index (χ4n) is 2.38. The molecular weight excluding hydrogens is 170 g/mol. The van der Waals surface area contributed by atoms with Crippen molar-refractivity contribution in [2.24, 2.45) is 5.41 Å². The largest absolute Gasteiger partial charge is 0.313 e. The minimum absolute atomic E-state index is 0.718. The van der Waals surface area contributed by atoms with Crippen LogP contribution in [0.5, 0.6) is 0 Å². The molecule has 0 saturated heterocycles. The van der Waals surface area contributed by atoms with Crippen molar-refractivity contribution in [3.8, 4) is 0 Å². The Morgan fingerprint density at radius 1 is 1.14 bits per heavy atom. The van der Waals surface area contributed by atoms with Gasteiger partial charge in [-0.15, -0.1) is 0 Å². The Morgan fingerprint density at radius 2 is 1.86 bits per heavy atom. The maximum absolute atomic E-state index is 3.76. The summed E-state index contributed by atoms with van der Waals surface area (Å²) in [5.74, 6) is 0. The van der Waals surface area contributed by atoms with Gasteiger partial charge in [0.15, 0.2) is 0 Å². The van der Waals surface area contributed by atoms with E-state index in [-0.39, 0.29) is 0 Å². The molecule has 14 heavy (non-hydrogen) atoms. The predicted octanol–water partition coefficient (Wildman–Crippen LogP) is 3.74. The molecule has 0 radical (unpaired) electrons. The minimum Gasteiger partial charge on any atom is -0.313 e. The normalized spacial score (nSPS) is 20.8. The van der Waals surface area contributed by atoms with Gasteiger partial charge in [0.1, 0.15) is 0 Å². The monoisotopic (exact) mass is 197 g/mol. The third-order valence-corrected chi connectivity index (χ3v) is 3.63. The predicted molar refractivity (Wildman–Crippen MR) is 63.6 cm³/mol. The van der Waals surface area contributed by atoms with Crippen LogP contribution >= 0.6 is 0 Å². The van der Waals surface area contributed by atoms with E-state index >= 15 is 0 Å². The molecule has 1 heteroatoms. The summed E-state index contributed by atoms with van der Waals surface area (Å²) in [5, 5.41) is 3.76. The van der Waals surface area contributed by atoms with Crippen LogP contribution in [-0.2, 0) is 0 Å². The molecule has 0 amide bonds.